The normalized spacial score (nSPS) is 15.8. The lowest BCUT2D eigenvalue weighted by Crippen LogP contribution is -2.16. The predicted molar refractivity (Wildman–Crippen MR) is 150 cm³/mol. The predicted octanol–water partition coefficient (Wildman–Crippen LogP) is 7.31. The van der Waals surface area contributed by atoms with Crippen LogP contribution in [0.25, 0.3) is 17.5 Å². The van der Waals surface area contributed by atoms with Crippen molar-refractivity contribution in [1.82, 2.24) is 9.97 Å². The third-order valence-corrected chi connectivity index (χ3v) is 7.52. The Hall–Kier alpha value is -5.10. The van der Waals surface area contributed by atoms with Crippen molar-refractivity contribution in [2.75, 3.05) is 4.90 Å². The number of aromatic nitrogens is 2. The second kappa shape index (κ2) is 8.46. The van der Waals surface area contributed by atoms with Gasteiger partial charge in [-0.05, 0) is 60.2 Å². The maximum absolute atomic E-state index is 12.9. The fourth-order valence-electron chi connectivity index (χ4n) is 5.52. The first-order valence-electron chi connectivity index (χ1n) is 12.7. The molecule has 0 atom stereocenters. The van der Waals surface area contributed by atoms with Crippen LogP contribution in [0.3, 0.4) is 0 Å². The Bertz CT molecular complexity index is 1740. The molecule has 6 nitrogen and oxygen atoms in total. The lowest BCUT2D eigenvalue weighted by Gasteiger charge is -2.27. The minimum Gasteiger partial charge on any atom is -0.455 e. The van der Waals surface area contributed by atoms with Gasteiger partial charge in [-0.3, -0.25) is 19.6 Å². The molecule has 0 spiro atoms. The number of anilines is 3. The van der Waals surface area contributed by atoms with E-state index in [4.69, 9.17) is 9.40 Å². The summed E-state index contributed by atoms with van der Waals surface area (Å²) in [7, 11) is 0. The zero-order valence-corrected chi connectivity index (χ0v) is 21.4. The van der Waals surface area contributed by atoms with E-state index in [1.165, 1.54) is 12.3 Å². The molecule has 2 aromatic carbocycles. The monoisotopic (exact) mass is 509 g/mol. The maximum atomic E-state index is 12.9. The summed E-state index contributed by atoms with van der Waals surface area (Å²) in [6.45, 7) is 4.27. The van der Waals surface area contributed by atoms with Crippen LogP contribution in [0.5, 0.6) is 0 Å². The average Bonchev–Trinajstić information content (AvgIpc) is 3.56. The molecule has 0 saturated heterocycles. The van der Waals surface area contributed by atoms with E-state index in [1.807, 2.05) is 48.7 Å². The van der Waals surface area contributed by atoms with Crippen LogP contribution >= 0.6 is 0 Å². The van der Waals surface area contributed by atoms with Gasteiger partial charge in [-0.15, -0.1) is 0 Å². The molecule has 6 heteroatoms. The van der Waals surface area contributed by atoms with Gasteiger partial charge in [-0.1, -0.05) is 50.2 Å². The molecule has 0 amide bonds. The molecule has 7 rings (SSSR count). The summed E-state index contributed by atoms with van der Waals surface area (Å²) in [6.07, 6.45) is 4.91. The molecule has 2 aliphatic rings. The zero-order chi connectivity index (χ0) is 26.7. The molecule has 0 bridgehead atoms. The van der Waals surface area contributed by atoms with Crippen LogP contribution in [0.1, 0.15) is 51.6 Å². The highest BCUT2D eigenvalue weighted by Crippen LogP contribution is 2.51. The van der Waals surface area contributed by atoms with Crippen LogP contribution in [-0.4, -0.2) is 21.5 Å². The number of carbonyl (C=O) groups is 2. The van der Waals surface area contributed by atoms with Crippen molar-refractivity contribution in [3.8, 4) is 11.5 Å². The number of carbonyl (C=O) groups excluding carboxylic acids is 2. The van der Waals surface area contributed by atoms with E-state index in [9.17, 15) is 9.59 Å². The van der Waals surface area contributed by atoms with Crippen LogP contribution in [-0.2, 0) is 5.41 Å². The third-order valence-electron chi connectivity index (χ3n) is 7.52. The minimum absolute atomic E-state index is 0.0684. The number of hydrogen-bond donors (Lipinski definition) is 0. The van der Waals surface area contributed by atoms with E-state index in [-0.39, 0.29) is 22.8 Å². The molecule has 5 aromatic rings. The molecule has 0 fully saturated rings. The fourth-order valence-corrected chi connectivity index (χ4v) is 5.52. The number of para-hydroxylation sites is 2. The number of nitrogens with zero attached hydrogens (tertiary/aromatic N) is 3. The molecule has 0 aliphatic heterocycles. The summed E-state index contributed by atoms with van der Waals surface area (Å²) >= 11 is 0. The average molecular weight is 510 g/mol. The highest BCUT2D eigenvalue weighted by Gasteiger charge is 2.41. The van der Waals surface area contributed by atoms with Crippen LogP contribution in [0, 0.1) is 0 Å². The fraction of sp³-hybridized carbons (Fsp3) is 0.0909. The molecule has 0 N–H and O–H groups in total. The number of pyridine rings is 2. The van der Waals surface area contributed by atoms with Crippen LogP contribution < -0.4 is 4.90 Å². The first-order valence-corrected chi connectivity index (χ1v) is 12.7. The van der Waals surface area contributed by atoms with E-state index in [0.29, 0.717) is 17.1 Å². The largest absolute Gasteiger partial charge is 0.455 e. The Balaban J connectivity index is 1.30. The molecule has 3 heterocycles. The highest BCUT2D eigenvalue weighted by molar-refractivity contribution is 6.40. The molecule has 2 aliphatic carbocycles. The molecule has 0 saturated carbocycles. The van der Waals surface area contributed by atoms with Crippen LogP contribution in [0.4, 0.5) is 17.1 Å². The zero-order valence-electron chi connectivity index (χ0n) is 21.4. The Morgan fingerprint density at radius 1 is 0.744 bits per heavy atom. The molecule has 39 heavy (non-hydrogen) atoms. The van der Waals surface area contributed by atoms with Gasteiger partial charge in [0, 0.05) is 28.6 Å². The molecule has 0 unspecified atom stereocenters. The first kappa shape index (κ1) is 23.0. The number of fused-ring (bicyclic) bond motifs is 4. The van der Waals surface area contributed by atoms with Crippen molar-refractivity contribution in [1.29, 1.82) is 0 Å². The number of allylic oxidation sites excluding steroid dienone is 1. The molecule has 0 radical (unpaired) electrons. The smallest absolute Gasteiger partial charge is 0.216 e. The van der Waals surface area contributed by atoms with Crippen molar-refractivity contribution in [2.24, 2.45) is 0 Å². The summed E-state index contributed by atoms with van der Waals surface area (Å²) in [6, 6.07) is 27.8. The molecule has 3 aromatic heterocycles. The van der Waals surface area contributed by atoms with E-state index in [0.717, 1.165) is 33.9 Å². The molecular weight excluding hydrogens is 486 g/mol. The Labute approximate surface area is 225 Å². The minimum atomic E-state index is -0.402. The van der Waals surface area contributed by atoms with Gasteiger partial charge in [0.05, 0.1) is 23.0 Å². The first-order chi connectivity index (χ1) is 18.9. The van der Waals surface area contributed by atoms with Crippen molar-refractivity contribution < 1.29 is 14.0 Å². The lowest BCUT2D eigenvalue weighted by molar-refractivity contribution is 0.0989. The SMILES string of the molecule is CC1(C)c2cc(N(c3ccccc3)c3ccccc3)cnc2-c2oc(/C=C3\C(=O)c4cccnc4C3=O)cc21. The Morgan fingerprint density at radius 3 is 2.10 bits per heavy atom. The summed E-state index contributed by atoms with van der Waals surface area (Å²) < 4.78 is 6.24. The Morgan fingerprint density at radius 2 is 1.44 bits per heavy atom. The van der Waals surface area contributed by atoms with Crippen LogP contribution in [0.2, 0.25) is 0 Å². The number of ketones is 2. The summed E-state index contributed by atoms with van der Waals surface area (Å²) in [5.74, 6) is 0.401. The topological polar surface area (TPSA) is 76.3 Å². The molecular formula is C33H23N3O3. The van der Waals surface area contributed by atoms with Gasteiger partial charge in [-0.25, -0.2) is 0 Å². The molecule has 188 valence electrons. The van der Waals surface area contributed by atoms with Gasteiger partial charge in [0.2, 0.25) is 5.78 Å². The maximum Gasteiger partial charge on any atom is 0.216 e. The van der Waals surface area contributed by atoms with Gasteiger partial charge >= 0.3 is 0 Å². The van der Waals surface area contributed by atoms with E-state index < -0.39 is 5.41 Å². The third kappa shape index (κ3) is 3.49. The van der Waals surface area contributed by atoms with Gasteiger partial charge in [0.25, 0.3) is 0 Å². The van der Waals surface area contributed by atoms with Gasteiger partial charge < -0.3 is 9.32 Å². The number of hydrogen-bond acceptors (Lipinski definition) is 6. The summed E-state index contributed by atoms with van der Waals surface area (Å²) in [5, 5.41) is 0. The Kier molecular flexibility index (Phi) is 5.00. The quantitative estimate of drug-likeness (QED) is 0.187. The van der Waals surface area contributed by atoms with Crippen molar-refractivity contribution >= 4 is 34.7 Å². The lowest BCUT2D eigenvalue weighted by atomic mass is 9.83. The number of benzene rings is 2. The summed E-state index contributed by atoms with van der Waals surface area (Å²) in [5.41, 5.74) is 5.98. The number of furan rings is 1. The van der Waals surface area contributed by atoms with E-state index in [1.54, 1.807) is 12.1 Å². The van der Waals surface area contributed by atoms with Crippen LogP contribution in [0.15, 0.2) is 107 Å². The van der Waals surface area contributed by atoms with Crippen molar-refractivity contribution in [3.63, 3.8) is 0 Å². The summed E-state index contributed by atoms with van der Waals surface area (Å²) in [4.78, 5) is 36.9. The highest BCUT2D eigenvalue weighted by atomic mass is 16.3. The number of rotatable bonds is 4. The number of Topliss-reactive ketones (excluding diaryl/α,β-unsaturated/α-hetero) is 2. The van der Waals surface area contributed by atoms with Gasteiger partial charge in [-0.2, -0.15) is 0 Å². The van der Waals surface area contributed by atoms with Crippen molar-refractivity contribution in [3.05, 3.63) is 131 Å². The van der Waals surface area contributed by atoms with Gasteiger partial charge in [0.1, 0.15) is 17.1 Å². The van der Waals surface area contributed by atoms with E-state index in [2.05, 4.69) is 54.1 Å². The second-order valence-corrected chi connectivity index (χ2v) is 10.2. The second-order valence-electron chi connectivity index (χ2n) is 10.2. The van der Waals surface area contributed by atoms with Gasteiger partial charge in [0.15, 0.2) is 11.5 Å². The van der Waals surface area contributed by atoms with Crippen molar-refractivity contribution in [2.45, 2.75) is 19.3 Å². The van der Waals surface area contributed by atoms with E-state index >= 15 is 0 Å². The standard InChI is InChI=1S/C33H23N3O3/c1-33(2)26-16-22(36(20-10-5-3-6-11-20)21-12-7-4-8-13-21)19-35-29(26)32-27(33)18-23(39-32)17-25-30(37)24-14-9-15-34-28(24)31(25)38/h3-19H,1-2H3/b25-17+.